The van der Waals surface area contributed by atoms with E-state index >= 15 is 0 Å². The van der Waals surface area contributed by atoms with Crippen molar-refractivity contribution in [2.75, 3.05) is 12.4 Å². The Hall–Kier alpha value is -3.67. The van der Waals surface area contributed by atoms with Crippen molar-refractivity contribution in [3.63, 3.8) is 0 Å². The summed E-state index contributed by atoms with van der Waals surface area (Å²) in [6.45, 7) is 0. The van der Waals surface area contributed by atoms with Crippen LogP contribution >= 0.6 is 11.3 Å². The molecule has 0 aliphatic heterocycles. The van der Waals surface area contributed by atoms with Crippen molar-refractivity contribution in [1.82, 2.24) is 4.72 Å². The van der Waals surface area contributed by atoms with E-state index < -0.39 is 27.7 Å². The van der Waals surface area contributed by atoms with E-state index in [1.165, 1.54) is 19.2 Å². The van der Waals surface area contributed by atoms with Gasteiger partial charge in [-0.15, -0.1) is 11.3 Å². The molecule has 0 spiro atoms. The van der Waals surface area contributed by atoms with Crippen LogP contribution in [0.2, 0.25) is 0 Å². The van der Waals surface area contributed by atoms with Gasteiger partial charge in [-0.1, -0.05) is 24.3 Å². The Labute approximate surface area is 227 Å². The molecule has 1 heterocycles. The normalized spacial score (nSPS) is 15.1. The van der Waals surface area contributed by atoms with Crippen molar-refractivity contribution in [2.24, 2.45) is 0 Å². The Kier molecular flexibility index (Phi) is 7.23. The monoisotopic (exact) mass is 572 g/mol. The number of hydrogen-bond acceptors (Lipinski definition) is 5. The van der Waals surface area contributed by atoms with Gasteiger partial charge >= 0.3 is 6.18 Å². The first-order valence-corrected chi connectivity index (χ1v) is 14.2. The highest BCUT2D eigenvalue weighted by Gasteiger charge is 2.30. The van der Waals surface area contributed by atoms with Crippen LogP contribution < -0.4 is 14.8 Å². The van der Waals surface area contributed by atoms with E-state index in [1.807, 2.05) is 12.1 Å². The molecule has 0 bridgehead atoms. The third-order valence-corrected chi connectivity index (χ3v) is 9.39. The minimum atomic E-state index is -4.47. The van der Waals surface area contributed by atoms with Crippen molar-refractivity contribution >= 4 is 33.0 Å². The van der Waals surface area contributed by atoms with Crippen LogP contribution in [0.4, 0.5) is 18.9 Å². The van der Waals surface area contributed by atoms with E-state index in [0.717, 1.165) is 34.6 Å². The first-order chi connectivity index (χ1) is 18.5. The van der Waals surface area contributed by atoms with Gasteiger partial charge < -0.3 is 10.1 Å². The first kappa shape index (κ1) is 26.9. The fourth-order valence-corrected chi connectivity index (χ4v) is 6.84. The number of fused-ring (bicyclic) bond motifs is 1. The zero-order valence-corrected chi connectivity index (χ0v) is 22.2. The number of carbonyl (C=O) groups is 1. The molecule has 2 N–H and O–H groups in total. The minimum absolute atomic E-state index is 0.259. The lowest BCUT2D eigenvalue weighted by atomic mass is 9.97. The van der Waals surface area contributed by atoms with Gasteiger partial charge in [0.2, 0.25) is 10.0 Å². The predicted octanol–water partition coefficient (Wildman–Crippen LogP) is 6.14. The highest BCUT2D eigenvalue weighted by molar-refractivity contribution is 7.91. The summed E-state index contributed by atoms with van der Waals surface area (Å²) >= 11 is 1.15. The van der Waals surface area contributed by atoms with Gasteiger partial charge in [0.1, 0.15) is 9.96 Å². The Morgan fingerprint density at radius 2 is 1.72 bits per heavy atom. The van der Waals surface area contributed by atoms with Gasteiger partial charge in [-0.3, -0.25) is 4.79 Å². The van der Waals surface area contributed by atoms with Crippen molar-refractivity contribution < 1.29 is 31.1 Å². The van der Waals surface area contributed by atoms with Crippen LogP contribution in [0.1, 0.15) is 27.0 Å². The number of carbonyl (C=O) groups excluding carboxylic acids is 1. The van der Waals surface area contributed by atoms with Gasteiger partial charge in [-0.25, -0.2) is 13.1 Å². The van der Waals surface area contributed by atoms with E-state index in [0.29, 0.717) is 35.4 Å². The van der Waals surface area contributed by atoms with Gasteiger partial charge in [0.15, 0.2) is 0 Å². The summed E-state index contributed by atoms with van der Waals surface area (Å²) in [5.74, 6) is 0.00969. The number of ether oxygens (including phenoxy) is 1. The number of rotatable bonds is 7. The number of sulfonamides is 1. The van der Waals surface area contributed by atoms with Gasteiger partial charge in [-0.2, -0.15) is 13.2 Å². The lowest BCUT2D eigenvalue weighted by Crippen LogP contribution is -2.34. The van der Waals surface area contributed by atoms with E-state index in [2.05, 4.69) is 10.0 Å². The van der Waals surface area contributed by atoms with Gasteiger partial charge in [0, 0.05) is 17.3 Å². The van der Waals surface area contributed by atoms with Crippen molar-refractivity contribution in [2.45, 2.75) is 29.3 Å². The topological polar surface area (TPSA) is 84.5 Å². The molecule has 1 aliphatic rings. The highest BCUT2D eigenvalue weighted by atomic mass is 32.2. The second-order valence-corrected chi connectivity index (χ2v) is 12.0. The maximum Gasteiger partial charge on any atom is 0.416 e. The number of alkyl halides is 3. The van der Waals surface area contributed by atoms with Crippen molar-refractivity contribution in [3.05, 3.63) is 100 Å². The van der Waals surface area contributed by atoms with Gasteiger partial charge in [-0.05, 0) is 89.0 Å². The summed E-state index contributed by atoms with van der Waals surface area (Å²) in [5, 5.41) is 4.57. The van der Waals surface area contributed by atoms with E-state index in [4.69, 9.17) is 4.74 Å². The molecule has 1 aliphatic carbocycles. The second-order valence-electron chi connectivity index (χ2n) is 9.08. The van der Waals surface area contributed by atoms with Crippen LogP contribution in [0.15, 0.2) is 82.4 Å². The number of hydrogen-bond donors (Lipinski definition) is 2. The number of anilines is 1. The maximum absolute atomic E-state index is 13.3. The largest absolute Gasteiger partial charge is 0.497 e. The Balaban J connectivity index is 1.35. The molecule has 3 aromatic carbocycles. The molecule has 6 nitrogen and oxygen atoms in total. The maximum atomic E-state index is 13.3. The molecule has 4 aromatic rings. The third-order valence-electron chi connectivity index (χ3n) is 6.47. The lowest BCUT2D eigenvalue weighted by Gasteiger charge is -2.14. The molecule has 0 radical (unpaired) electrons. The molecular formula is C28H23F3N2O4S2. The number of amides is 1. The quantitative estimate of drug-likeness (QED) is 0.279. The summed E-state index contributed by atoms with van der Waals surface area (Å²) in [5.41, 5.74) is 2.76. The molecule has 39 heavy (non-hydrogen) atoms. The van der Waals surface area contributed by atoms with E-state index in [9.17, 15) is 26.4 Å². The average Bonchev–Trinajstić information content (AvgIpc) is 3.58. The molecule has 1 aromatic heterocycles. The molecule has 11 heteroatoms. The number of methoxy groups -OCH3 is 1. The van der Waals surface area contributed by atoms with Gasteiger partial charge in [0.25, 0.3) is 5.91 Å². The fourth-order valence-electron chi connectivity index (χ4n) is 4.60. The van der Waals surface area contributed by atoms with Crippen LogP contribution in [0.25, 0.3) is 11.1 Å². The molecule has 0 saturated carbocycles. The Bertz CT molecular complexity index is 1620. The summed E-state index contributed by atoms with van der Waals surface area (Å²) in [4.78, 5) is 13.3. The van der Waals surface area contributed by atoms with Crippen molar-refractivity contribution in [3.8, 4) is 16.9 Å². The van der Waals surface area contributed by atoms with Gasteiger partial charge in [0.05, 0.1) is 12.7 Å². The van der Waals surface area contributed by atoms with Crippen LogP contribution in [0.5, 0.6) is 5.75 Å². The number of thiophene rings is 1. The van der Waals surface area contributed by atoms with Crippen LogP contribution in [0, 0.1) is 0 Å². The smallest absolute Gasteiger partial charge is 0.416 e. The van der Waals surface area contributed by atoms with Crippen LogP contribution in [-0.4, -0.2) is 27.5 Å². The summed E-state index contributed by atoms with van der Waals surface area (Å²) in [6.07, 6.45) is -3.46. The van der Waals surface area contributed by atoms with Crippen LogP contribution in [-0.2, 0) is 29.0 Å². The third kappa shape index (κ3) is 5.85. The second kappa shape index (κ2) is 10.5. The molecule has 0 saturated heterocycles. The highest BCUT2D eigenvalue weighted by Crippen LogP contribution is 2.34. The molecule has 0 fully saturated rings. The lowest BCUT2D eigenvalue weighted by molar-refractivity contribution is -0.137. The zero-order valence-electron chi connectivity index (χ0n) is 20.6. The summed E-state index contributed by atoms with van der Waals surface area (Å²) < 4.78 is 72.6. The first-order valence-electron chi connectivity index (χ1n) is 11.9. The molecule has 1 amide bonds. The van der Waals surface area contributed by atoms with E-state index in [-0.39, 0.29) is 15.8 Å². The summed E-state index contributed by atoms with van der Waals surface area (Å²) in [7, 11) is -2.14. The van der Waals surface area contributed by atoms with E-state index in [1.54, 1.807) is 41.8 Å². The zero-order chi connectivity index (χ0) is 27.8. The molecule has 1 unspecified atom stereocenters. The molecule has 1 atom stereocenters. The number of benzene rings is 3. The molecule has 5 rings (SSSR count). The van der Waals surface area contributed by atoms with Crippen molar-refractivity contribution in [1.29, 1.82) is 0 Å². The molecule has 202 valence electrons. The summed E-state index contributed by atoms with van der Waals surface area (Å²) in [6, 6.07) is 17.7. The number of nitrogens with one attached hydrogen (secondary N) is 2. The fraction of sp³-hybridized carbons (Fsp3) is 0.179. The SMILES string of the molecule is COc1ccc(C(=O)Nc2ccc3c(c2)CC(NS(=O)(=O)c2cccs2)C3)c(-c2ccc(C(F)(F)F)cc2)c1. The van der Waals surface area contributed by atoms with Crippen LogP contribution in [0.3, 0.4) is 0 Å². The average molecular weight is 573 g/mol. The minimum Gasteiger partial charge on any atom is -0.497 e. The Morgan fingerprint density at radius 3 is 2.38 bits per heavy atom. The molecular weight excluding hydrogens is 549 g/mol. The predicted molar refractivity (Wildman–Crippen MR) is 144 cm³/mol. The Morgan fingerprint density at radius 1 is 0.974 bits per heavy atom. The standard InChI is InChI=1S/C28H23F3N2O4S2/c1-37-23-10-11-24(25(16-23)17-4-7-20(8-5-17)28(29,30)31)27(34)32-21-9-6-18-13-22(15-19(18)14-21)33-39(35,36)26-3-2-12-38-26/h2-12,14,16,22,33H,13,15H2,1H3,(H,32,34). The number of halogens is 3.